The summed E-state index contributed by atoms with van der Waals surface area (Å²) in [5.74, 6) is 0. The van der Waals surface area contributed by atoms with Crippen LogP contribution in [0.3, 0.4) is 0 Å². The average Bonchev–Trinajstić information content (AvgIpc) is 2.31. The Bertz CT molecular complexity index is 143. The van der Waals surface area contributed by atoms with Gasteiger partial charge >= 0.3 is 0 Å². The van der Waals surface area contributed by atoms with Gasteiger partial charge in [-0.15, -0.1) is 6.58 Å². The Labute approximate surface area is 70.1 Å². The SMILES string of the molecule is C=CC1CCCN1C(C)(C)C. The van der Waals surface area contributed by atoms with Crippen LogP contribution < -0.4 is 0 Å². The lowest BCUT2D eigenvalue weighted by molar-refractivity contribution is 0.143. The van der Waals surface area contributed by atoms with Gasteiger partial charge < -0.3 is 0 Å². The Morgan fingerprint density at radius 2 is 2.09 bits per heavy atom. The first-order chi connectivity index (χ1) is 5.05. The molecule has 1 atom stereocenters. The molecule has 0 aliphatic carbocycles. The summed E-state index contributed by atoms with van der Waals surface area (Å²) in [5, 5.41) is 0. The topological polar surface area (TPSA) is 3.24 Å². The van der Waals surface area contributed by atoms with Crippen LogP contribution in [0.25, 0.3) is 0 Å². The summed E-state index contributed by atoms with van der Waals surface area (Å²) in [6.07, 6.45) is 4.70. The fraction of sp³-hybridized carbons (Fsp3) is 0.800. The second-order valence-corrected chi connectivity index (χ2v) is 4.31. The van der Waals surface area contributed by atoms with Gasteiger partial charge in [0.15, 0.2) is 0 Å². The molecular formula is C10H19N. The summed E-state index contributed by atoms with van der Waals surface area (Å²) in [5.41, 5.74) is 0.315. The third kappa shape index (κ3) is 1.84. The van der Waals surface area contributed by atoms with Gasteiger partial charge in [0.1, 0.15) is 0 Å². The van der Waals surface area contributed by atoms with E-state index in [2.05, 4.69) is 38.3 Å². The molecule has 1 heterocycles. The van der Waals surface area contributed by atoms with E-state index in [4.69, 9.17) is 0 Å². The second kappa shape index (κ2) is 2.98. The van der Waals surface area contributed by atoms with Crippen molar-refractivity contribution >= 4 is 0 Å². The van der Waals surface area contributed by atoms with E-state index in [0.717, 1.165) is 0 Å². The van der Waals surface area contributed by atoms with E-state index < -0.39 is 0 Å². The van der Waals surface area contributed by atoms with E-state index in [1.807, 2.05) is 0 Å². The summed E-state index contributed by atoms with van der Waals surface area (Å²) < 4.78 is 0. The van der Waals surface area contributed by atoms with Crippen LogP contribution in [0.4, 0.5) is 0 Å². The third-order valence-corrected chi connectivity index (χ3v) is 2.43. The molecule has 1 nitrogen and oxygen atoms in total. The van der Waals surface area contributed by atoms with Gasteiger partial charge in [-0.3, -0.25) is 4.90 Å². The van der Waals surface area contributed by atoms with Gasteiger partial charge in [0.05, 0.1) is 0 Å². The number of likely N-dealkylation sites (tertiary alicyclic amines) is 1. The highest BCUT2D eigenvalue weighted by Crippen LogP contribution is 2.26. The minimum atomic E-state index is 0.315. The maximum absolute atomic E-state index is 3.86. The second-order valence-electron chi connectivity index (χ2n) is 4.31. The number of rotatable bonds is 1. The zero-order valence-electron chi connectivity index (χ0n) is 7.93. The van der Waals surface area contributed by atoms with Gasteiger partial charge in [0.2, 0.25) is 0 Å². The molecular weight excluding hydrogens is 134 g/mol. The van der Waals surface area contributed by atoms with Gasteiger partial charge in [-0.05, 0) is 40.2 Å². The minimum Gasteiger partial charge on any atom is -0.292 e. The van der Waals surface area contributed by atoms with Crippen LogP contribution in [0, 0.1) is 0 Å². The molecule has 0 spiro atoms. The zero-order valence-corrected chi connectivity index (χ0v) is 7.93. The average molecular weight is 153 g/mol. The van der Waals surface area contributed by atoms with Crippen molar-refractivity contribution in [2.75, 3.05) is 6.54 Å². The molecule has 1 unspecified atom stereocenters. The highest BCUT2D eigenvalue weighted by atomic mass is 15.2. The molecule has 64 valence electrons. The zero-order chi connectivity index (χ0) is 8.48. The molecule has 0 aromatic heterocycles. The highest BCUT2D eigenvalue weighted by molar-refractivity contribution is 4.96. The summed E-state index contributed by atoms with van der Waals surface area (Å²) in [6.45, 7) is 11.9. The monoisotopic (exact) mass is 153 g/mol. The molecule has 1 heteroatoms. The molecule has 11 heavy (non-hydrogen) atoms. The summed E-state index contributed by atoms with van der Waals surface area (Å²) >= 11 is 0. The van der Waals surface area contributed by atoms with Crippen molar-refractivity contribution in [3.63, 3.8) is 0 Å². The van der Waals surface area contributed by atoms with Crippen LogP contribution in [-0.2, 0) is 0 Å². The number of nitrogens with zero attached hydrogens (tertiary/aromatic N) is 1. The van der Waals surface area contributed by atoms with E-state index in [1.54, 1.807) is 0 Å². The molecule has 0 bridgehead atoms. The van der Waals surface area contributed by atoms with Crippen LogP contribution in [0.5, 0.6) is 0 Å². The standard InChI is InChI=1S/C10H19N/c1-5-9-7-6-8-11(9)10(2,3)4/h5,9H,1,6-8H2,2-4H3. The molecule has 1 aliphatic heterocycles. The molecule has 0 saturated carbocycles. The smallest absolute Gasteiger partial charge is 0.0281 e. The van der Waals surface area contributed by atoms with E-state index in [1.165, 1.54) is 19.4 Å². The van der Waals surface area contributed by atoms with Crippen molar-refractivity contribution in [3.05, 3.63) is 12.7 Å². The Morgan fingerprint density at radius 3 is 2.45 bits per heavy atom. The molecule has 1 rings (SSSR count). The summed E-state index contributed by atoms with van der Waals surface area (Å²) in [4.78, 5) is 2.53. The molecule has 0 N–H and O–H groups in total. The lowest BCUT2D eigenvalue weighted by atomic mass is 10.0. The molecule has 0 amide bonds. The van der Waals surface area contributed by atoms with E-state index in [9.17, 15) is 0 Å². The van der Waals surface area contributed by atoms with Crippen molar-refractivity contribution in [2.45, 2.75) is 45.2 Å². The van der Waals surface area contributed by atoms with Gasteiger partial charge in [-0.2, -0.15) is 0 Å². The Kier molecular flexibility index (Phi) is 2.38. The van der Waals surface area contributed by atoms with Gasteiger partial charge in [0.25, 0.3) is 0 Å². The highest BCUT2D eigenvalue weighted by Gasteiger charge is 2.30. The first-order valence-electron chi connectivity index (χ1n) is 4.45. The maximum Gasteiger partial charge on any atom is 0.0281 e. The Morgan fingerprint density at radius 1 is 1.45 bits per heavy atom. The van der Waals surface area contributed by atoms with Crippen LogP contribution in [0.15, 0.2) is 12.7 Å². The Balaban J connectivity index is 2.63. The molecule has 1 fully saturated rings. The van der Waals surface area contributed by atoms with Crippen molar-refractivity contribution in [1.82, 2.24) is 4.90 Å². The van der Waals surface area contributed by atoms with Crippen LogP contribution in [0.2, 0.25) is 0 Å². The summed E-state index contributed by atoms with van der Waals surface area (Å²) in [6, 6.07) is 0.620. The molecule has 0 aromatic carbocycles. The van der Waals surface area contributed by atoms with Crippen LogP contribution in [0.1, 0.15) is 33.6 Å². The molecule has 1 aliphatic rings. The van der Waals surface area contributed by atoms with Crippen LogP contribution in [-0.4, -0.2) is 23.0 Å². The van der Waals surface area contributed by atoms with Crippen molar-refractivity contribution < 1.29 is 0 Å². The van der Waals surface area contributed by atoms with E-state index in [0.29, 0.717) is 11.6 Å². The fourth-order valence-electron chi connectivity index (χ4n) is 1.87. The van der Waals surface area contributed by atoms with Crippen molar-refractivity contribution in [1.29, 1.82) is 0 Å². The third-order valence-electron chi connectivity index (χ3n) is 2.43. The molecule has 0 aromatic rings. The Hall–Kier alpha value is -0.300. The first kappa shape index (κ1) is 8.79. The molecule has 0 radical (unpaired) electrons. The quantitative estimate of drug-likeness (QED) is 0.523. The van der Waals surface area contributed by atoms with Gasteiger partial charge in [0, 0.05) is 11.6 Å². The van der Waals surface area contributed by atoms with Gasteiger partial charge in [-0.25, -0.2) is 0 Å². The van der Waals surface area contributed by atoms with E-state index >= 15 is 0 Å². The van der Waals surface area contributed by atoms with Crippen molar-refractivity contribution in [2.24, 2.45) is 0 Å². The van der Waals surface area contributed by atoms with Gasteiger partial charge in [-0.1, -0.05) is 6.08 Å². The predicted molar refractivity (Wildman–Crippen MR) is 49.7 cm³/mol. The van der Waals surface area contributed by atoms with Crippen LogP contribution >= 0.6 is 0 Å². The minimum absolute atomic E-state index is 0.315. The van der Waals surface area contributed by atoms with Crippen molar-refractivity contribution in [3.8, 4) is 0 Å². The maximum atomic E-state index is 3.86. The number of hydrogen-bond acceptors (Lipinski definition) is 1. The fourth-order valence-corrected chi connectivity index (χ4v) is 1.87. The normalized spacial score (nSPS) is 27.4. The number of hydrogen-bond donors (Lipinski definition) is 0. The molecule has 1 saturated heterocycles. The lowest BCUT2D eigenvalue weighted by Crippen LogP contribution is -2.43. The van der Waals surface area contributed by atoms with E-state index in [-0.39, 0.29) is 0 Å². The first-order valence-corrected chi connectivity index (χ1v) is 4.45. The summed E-state index contributed by atoms with van der Waals surface area (Å²) in [7, 11) is 0. The largest absolute Gasteiger partial charge is 0.292 e. The predicted octanol–water partition coefficient (Wildman–Crippen LogP) is 2.44. The lowest BCUT2D eigenvalue weighted by Gasteiger charge is -2.35.